The second-order valence-corrected chi connectivity index (χ2v) is 6.34. The maximum absolute atomic E-state index is 11.9. The van der Waals surface area contributed by atoms with Crippen molar-refractivity contribution in [1.82, 2.24) is 0 Å². The molecule has 3 nitrogen and oxygen atoms in total. The smallest absolute Gasteiger partial charge is 0.209 e. The molecule has 1 aliphatic heterocycles. The van der Waals surface area contributed by atoms with E-state index in [2.05, 4.69) is 13.8 Å². The lowest BCUT2D eigenvalue weighted by Gasteiger charge is -2.45. The topological polar surface area (TPSA) is 44.5 Å². The first kappa shape index (κ1) is 19.7. The van der Waals surface area contributed by atoms with Crippen LogP contribution in [0.4, 0.5) is 4.39 Å². The van der Waals surface area contributed by atoms with Gasteiger partial charge >= 0.3 is 0 Å². The molecule has 1 aromatic rings. The maximum Gasteiger partial charge on any atom is 0.209 e. The summed E-state index contributed by atoms with van der Waals surface area (Å²) < 4.78 is 23.5. The summed E-state index contributed by atoms with van der Waals surface area (Å²) in [7, 11) is 0. The third-order valence-electron chi connectivity index (χ3n) is 3.64. The van der Waals surface area contributed by atoms with Crippen LogP contribution in [0, 0.1) is 11.2 Å². The lowest BCUT2D eigenvalue weighted by molar-refractivity contribution is -0.283. The highest BCUT2D eigenvalue weighted by Crippen LogP contribution is 2.38. The van der Waals surface area contributed by atoms with E-state index in [1.165, 1.54) is 12.1 Å². The Morgan fingerprint density at radius 3 is 2.04 bits per heavy atom. The van der Waals surface area contributed by atoms with Gasteiger partial charge in [0, 0.05) is 11.8 Å². The van der Waals surface area contributed by atoms with Crippen LogP contribution in [-0.2, 0) is 9.47 Å². The number of benzene rings is 1. The van der Waals surface area contributed by atoms with Crippen LogP contribution in [0.1, 0.15) is 47.0 Å². The Morgan fingerprint density at radius 2 is 1.61 bits per heavy atom. The quantitative estimate of drug-likeness (QED) is 0.757. The molecule has 2 N–H and O–H groups in total. The Labute approximate surface area is 139 Å². The SMILES string of the molecule is CC.CC1(C)COC2(CCCC=C2N)OC1.Fc1ccccc1. The van der Waals surface area contributed by atoms with Gasteiger partial charge in [0.15, 0.2) is 0 Å². The van der Waals surface area contributed by atoms with Crippen LogP contribution in [0.15, 0.2) is 42.1 Å². The fourth-order valence-electron chi connectivity index (χ4n) is 2.33. The molecule has 1 aliphatic carbocycles. The predicted octanol–water partition coefficient (Wildman–Crippen LogP) is 4.63. The predicted molar refractivity (Wildman–Crippen MR) is 92.3 cm³/mol. The second-order valence-electron chi connectivity index (χ2n) is 6.34. The Balaban J connectivity index is 0.000000247. The van der Waals surface area contributed by atoms with Crippen LogP contribution in [-0.4, -0.2) is 19.0 Å². The van der Waals surface area contributed by atoms with Crippen molar-refractivity contribution in [3.8, 4) is 0 Å². The van der Waals surface area contributed by atoms with Crippen molar-refractivity contribution in [2.45, 2.75) is 52.7 Å². The summed E-state index contributed by atoms with van der Waals surface area (Å²) in [4.78, 5) is 0. The molecule has 3 rings (SSSR count). The highest BCUT2D eigenvalue weighted by molar-refractivity contribution is 5.13. The number of allylic oxidation sites excluding steroid dienone is 1. The molecule has 0 atom stereocenters. The van der Waals surface area contributed by atoms with E-state index in [0.29, 0.717) is 0 Å². The molecule has 4 heteroatoms. The lowest BCUT2D eigenvalue weighted by atomic mass is 9.91. The molecule has 1 fully saturated rings. The van der Waals surface area contributed by atoms with Gasteiger partial charge in [-0.25, -0.2) is 4.39 Å². The molecule has 23 heavy (non-hydrogen) atoms. The summed E-state index contributed by atoms with van der Waals surface area (Å²) in [5.41, 5.74) is 6.82. The lowest BCUT2D eigenvalue weighted by Crippen LogP contribution is -2.51. The van der Waals surface area contributed by atoms with E-state index in [1.54, 1.807) is 18.2 Å². The first-order valence-electron chi connectivity index (χ1n) is 8.38. The third kappa shape index (κ3) is 5.96. The largest absolute Gasteiger partial charge is 0.398 e. The molecule has 0 saturated carbocycles. The molecule has 0 aromatic heterocycles. The second kappa shape index (κ2) is 9.04. The average Bonchev–Trinajstić information content (AvgIpc) is 2.56. The molecule has 0 radical (unpaired) electrons. The summed E-state index contributed by atoms with van der Waals surface area (Å²) in [6.45, 7) is 9.73. The zero-order valence-corrected chi connectivity index (χ0v) is 14.8. The number of hydrogen-bond acceptors (Lipinski definition) is 3. The van der Waals surface area contributed by atoms with E-state index >= 15 is 0 Å². The number of nitrogens with two attached hydrogens (primary N) is 1. The summed E-state index contributed by atoms with van der Waals surface area (Å²) in [6, 6.07) is 7.94. The van der Waals surface area contributed by atoms with Crippen LogP contribution in [0.5, 0.6) is 0 Å². The summed E-state index contributed by atoms with van der Waals surface area (Å²) in [6.07, 6.45) is 5.07. The van der Waals surface area contributed by atoms with Crippen LogP contribution in [0.3, 0.4) is 0 Å². The summed E-state index contributed by atoms with van der Waals surface area (Å²) in [5, 5.41) is 0. The van der Waals surface area contributed by atoms with Gasteiger partial charge in [0.1, 0.15) is 5.82 Å². The van der Waals surface area contributed by atoms with Gasteiger partial charge in [-0.05, 0) is 25.0 Å². The van der Waals surface area contributed by atoms with E-state index in [1.807, 2.05) is 19.9 Å². The molecule has 0 amide bonds. The first-order chi connectivity index (χ1) is 10.9. The van der Waals surface area contributed by atoms with Gasteiger partial charge in [0.25, 0.3) is 0 Å². The van der Waals surface area contributed by atoms with Crippen molar-refractivity contribution < 1.29 is 13.9 Å². The van der Waals surface area contributed by atoms with Gasteiger partial charge in [-0.3, -0.25) is 0 Å². The molecule has 1 saturated heterocycles. The normalized spacial score (nSPS) is 21.2. The minimum Gasteiger partial charge on any atom is -0.398 e. The van der Waals surface area contributed by atoms with E-state index in [0.717, 1.165) is 38.2 Å². The van der Waals surface area contributed by atoms with Gasteiger partial charge in [0.2, 0.25) is 5.79 Å². The average molecular weight is 323 g/mol. The third-order valence-corrected chi connectivity index (χ3v) is 3.64. The van der Waals surface area contributed by atoms with E-state index < -0.39 is 5.79 Å². The molecule has 130 valence electrons. The van der Waals surface area contributed by atoms with Gasteiger partial charge in [-0.2, -0.15) is 0 Å². The zero-order valence-electron chi connectivity index (χ0n) is 14.8. The van der Waals surface area contributed by atoms with Crippen LogP contribution < -0.4 is 5.73 Å². The molecule has 1 heterocycles. The molecule has 1 aromatic carbocycles. The summed E-state index contributed by atoms with van der Waals surface area (Å²) >= 11 is 0. The monoisotopic (exact) mass is 323 g/mol. The van der Waals surface area contributed by atoms with Gasteiger partial charge in [-0.15, -0.1) is 0 Å². The number of ether oxygens (including phenoxy) is 2. The fourth-order valence-corrected chi connectivity index (χ4v) is 2.33. The Kier molecular flexibility index (Phi) is 7.73. The standard InChI is InChI=1S/C11H19NO2.C6H5F.C2H6/c1-10(2)7-13-11(14-8-10)6-4-3-5-9(11)12;7-6-4-2-1-3-5-6;1-2/h5H,3-4,6-8,12H2,1-2H3;1-5H;1-2H3. The first-order valence-corrected chi connectivity index (χ1v) is 8.38. The van der Waals surface area contributed by atoms with Crippen molar-refractivity contribution >= 4 is 0 Å². The van der Waals surface area contributed by atoms with E-state index in [-0.39, 0.29) is 11.2 Å². The van der Waals surface area contributed by atoms with Crippen molar-refractivity contribution in [1.29, 1.82) is 0 Å². The van der Waals surface area contributed by atoms with Gasteiger partial charge < -0.3 is 15.2 Å². The molecular formula is C19H30FNO2. The molecule has 2 aliphatic rings. The minimum atomic E-state index is -0.590. The zero-order chi connectivity index (χ0) is 17.3. The van der Waals surface area contributed by atoms with Crippen molar-refractivity contribution in [2.75, 3.05) is 13.2 Å². The van der Waals surface area contributed by atoms with Crippen LogP contribution >= 0.6 is 0 Å². The highest BCUT2D eigenvalue weighted by atomic mass is 19.1. The van der Waals surface area contributed by atoms with E-state index in [4.69, 9.17) is 15.2 Å². The minimum absolute atomic E-state index is 0.114. The van der Waals surface area contributed by atoms with Crippen LogP contribution in [0.25, 0.3) is 0 Å². The number of hydrogen-bond donors (Lipinski definition) is 1. The molecule has 1 spiro atoms. The summed E-state index contributed by atoms with van der Waals surface area (Å²) in [5.74, 6) is -0.768. The molecular weight excluding hydrogens is 293 g/mol. The van der Waals surface area contributed by atoms with Crippen molar-refractivity contribution in [3.63, 3.8) is 0 Å². The van der Waals surface area contributed by atoms with Gasteiger partial charge in [-0.1, -0.05) is 52.0 Å². The molecule has 0 bridgehead atoms. The Bertz CT molecular complexity index is 475. The highest BCUT2D eigenvalue weighted by Gasteiger charge is 2.43. The van der Waals surface area contributed by atoms with Crippen molar-refractivity contribution in [3.05, 3.63) is 47.9 Å². The number of halogens is 1. The Morgan fingerprint density at radius 1 is 1.04 bits per heavy atom. The van der Waals surface area contributed by atoms with E-state index in [9.17, 15) is 4.39 Å². The Hall–Kier alpha value is -1.39. The molecule has 0 unspecified atom stereocenters. The van der Waals surface area contributed by atoms with Crippen LogP contribution in [0.2, 0.25) is 0 Å². The van der Waals surface area contributed by atoms with Crippen molar-refractivity contribution in [2.24, 2.45) is 11.1 Å². The van der Waals surface area contributed by atoms with Gasteiger partial charge in [0.05, 0.1) is 18.9 Å². The maximum atomic E-state index is 11.9. The fraction of sp³-hybridized carbons (Fsp3) is 0.579. The number of rotatable bonds is 0.